The molecule has 0 aromatic heterocycles. The van der Waals surface area contributed by atoms with E-state index in [2.05, 4.69) is 0 Å². The van der Waals surface area contributed by atoms with Crippen LogP contribution in [-0.2, 0) is 4.79 Å². The first-order valence-electron chi connectivity index (χ1n) is 7.30. The second-order valence-corrected chi connectivity index (χ2v) is 5.39. The number of hydrogen-bond donors (Lipinski definition) is 1. The van der Waals surface area contributed by atoms with Crippen molar-refractivity contribution in [2.45, 2.75) is 31.7 Å². The van der Waals surface area contributed by atoms with Crippen LogP contribution in [0.1, 0.15) is 36.0 Å². The molecule has 1 saturated heterocycles. The lowest BCUT2D eigenvalue weighted by molar-refractivity contribution is -0.130. The molecule has 1 aromatic rings. The Morgan fingerprint density at radius 1 is 1.27 bits per heavy atom. The lowest BCUT2D eigenvalue weighted by atomic mass is 10.1. The molecule has 1 aromatic carbocycles. The lowest BCUT2D eigenvalue weighted by Gasteiger charge is -2.15. The maximum absolute atomic E-state index is 12.0. The summed E-state index contributed by atoms with van der Waals surface area (Å²) in [5.74, 6) is 0.890. The van der Waals surface area contributed by atoms with Gasteiger partial charge in [0.1, 0.15) is 5.75 Å². The SMILES string of the molecule is COc1ccc(C(=O)CCCC(=O)N2CC[C@@H](N)C2)cc1.Cl. The third-order valence-electron chi connectivity index (χ3n) is 3.78. The first kappa shape index (κ1) is 18.5. The highest BCUT2D eigenvalue weighted by atomic mass is 35.5. The van der Waals surface area contributed by atoms with Gasteiger partial charge in [0.05, 0.1) is 7.11 Å². The Labute approximate surface area is 137 Å². The number of halogens is 1. The molecule has 0 bridgehead atoms. The predicted octanol–water partition coefficient (Wildman–Crippen LogP) is 2.03. The van der Waals surface area contributed by atoms with Crippen LogP contribution in [0, 0.1) is 0 Å². The number of Topliss-reactive ketones (excluding diaryl/α,β-unsaturated/α-hetero) is 1. The number of methoxy groups -OCH3 is 1. The van der Waals surface area contributed by atoms with E-state index in [0.29, 0.717) is 31.4 Å². The van der Waals surface area contributed by atoms with Crippen molar-refractivity contribution in [2.75, 3.05) is 20.2 Å². The van der Waals surface area contributed by atoms with Crippen LogP contribution in [0.2, 0.25) is 0 Å². The molecule has 6 heteroatoms. The number of ether oxygens (including phenoxy) is 1. The third kappa shape index (κ3) is 5.00. The molecule has 1 heterocycles. The normalized spacial score (nSPS) is 17.0. The number of likely N-dealkylation sites (tertiary alicyclic amines) is 1. The Morgan fingerprint density at radius 3 is 2.50 bits per heavy atom. The molecule has 1 aliphatic heterocycles. The molecule has 122 valence electrons. The van der Waals surface area contributed by atoms with Gasteiger partial charge >= 0.3 is 0 Å². The number of hydrogen-bond acceptors (Lipinski definition) is 4. The van der Waals surface area contributed by atoms with Gasteiger partial charge in [-0.15, -0.1) is 12.4 Å². The number of nitrogens with zero attached hydrogens (tertiary/aromatic N) is 1. The zero-order valence-electron chi connectivity index (χ0n) is 12.8. The summed E-state index contributed by atoms with van der Waals surface area (Å²) in [6, 6.07) is 7.15. The summed E-state index contributed by atoms with van der Waals surface area (Å²) in [5, 5.41) is 0. The van der Waals surface area contributed by atoms with Crippen molar-refractivity contribution in [1.82, 2.24) is 4.90 Å². The number of rotatable bonds is 6. The molecule has 0 unspecified atom stereocenters. The monoisotopic (exact) mass is 326 g/mol. The van der Waals surface area contributed by atoms with Crippen LogP contribution < -0.4 is 10.5 Å². The van der Waals surface area contributed by atoms with Gasteiger partial charge in [0.15, 0.2) is 5.78 Å². The highest BCUT2D eigenvalue weighted by Crippen LogP contribution is 2.15. The van der Waals surface area contributed by atoms with E-state index in [4.69, 9.17) is 10.5 Å². The van der Waals surface area contributed by atoms with Crippen LogP contribution in [0.5, 0.6) is 5.75 Å². The fraction of sp³-hybridized carbons (Fsp3) is 0.500. The Bertz CT molecular complexity index is 505. The fourth-order valence-corrected chi connectivity index (χ4v) is 2.49. The van der Waals surface area contributed by atoms with Crippen molar-refractivity contribution in [2.24, 2.45) is 5.73 Å². The maximum atomic E-state index is 12.0. The zero-order chi connectivity index (χ0) is 15.2. The summed E-state index contributed by atoms with van der Waals surface area (Å²) in [6.07, 6.45) is 2.25. The molecule has 2 rings (SSSR count). The van der Waals surface area contributed by atoms with E-state index in [1.165, 1.54) is 0 Å². The quantitative estimate of drug-likeness (QED) is 0.812. The average Bonchev–Trinajstić information content (AvgIpc) is 2.94. The van der Waals surface area contributed by atoms with Crippen molar-refractivity contribution < 1.29 is 14.3 Å². The van der Waals surface area contributed by atoms with Gasteiger partial charge in [-0.25, -0.2) is 0 Å². The predicted molar refractivity (Wildman–Crippen MR) is 87.6 cm³/mol. The van der Waals surface area contributed by atoms with Gasteiger partial charge in [0, 0.05) is 37.5 Å². The van der Waals surface area contributed by atoms with Crippen LogP contribution in [0.3, 0.4) is 0 Å². The van der Waals surface area contributed by atoms with E-state index in [9.17, 15) is 9.59 Å². The standard InChI is InChI=1S/C16H22N2O3.ClH/c1-21-14-7-5-12(6-8-14)15(19)3-2-4-16(20)18-10-9-13(17)11-18;/h5-8,13H,2-4,9-11,17H2,1H3;1H/t13-;/m1./s1. The van der Waals surface area contributed by atoms with E-state index >= 15 is 0 Å². The van der Waals surface area contributed by atoms with Crippen molar-refractivity contribution in [3.8, 4) is 5.75 Å². The van der Waals surface area contributed by atoms with Crippen molar-refractivity contribution in [3.05, 3.63) is 29.8 Å². The molecule has 2 N–H and O–H groups in total. The number of carbonyl (C=O) groups excluding carboxylic acids is 2. The largest absolute Gasteiger partial charge is 0.497 e. The van der Waals surface area contributed by atoms with Gasteiger partial charge in [-0.1, -0.05) is 0 Å². The van der Waals surface area contributed by atoms with Gasteiger partial charge in [0.2, 0.25) is 5.91 Å². The fourth-order valence-electron chi connectivity index (χ4n) is 2.49. The molecule has 0 saturated carbocycles. The van der Waals surface area contributed by atoms with Crippen LogP contribution in [-0.4, -0.2) is 42.8 Å². The van der Waals surface area contributed by atoms with E-state index in [0.717, 1.165) is 18.7 Å². The van der Waals surface area contributed by atoms with Crippen molar-refractivity contribution >= 4 is 24.1 Å². The summed E-state index contributed by atoms with van der Waals surface area (Å²) in [6.45, 7) is 1.39. The van der Waals surface area contributed by atoms with E-state index in [1.54, 1.807) is 36.3 Å². The molecular formula is C16H23ClN2O3. The van der Waals surface area contributed by atoms with Crippen molar-refractivity contribution in [3.63, 3.8) is 0 Å². The molecule has 1 atom stereocenters. The summed E-state index contributed by atoms with van der Waals surface area (Å²) in [4.78, 5) is 25.7. The minimum atomic E-state index is 0. The molecular weight excluding hydrogens is 304 g/mol. The highest BCUT2D eigenvalue weighted by Gasteiger charge is 2.23. The molecule has 0 aliphatic carbocycles. The Balaban J connectivity index is 0.00000242. The highest BCUT2D eigenvalue weighted by molar-refractivity contribution is 5.96. The number of benzene rings is 1. The topological polar surface area (TPSA) is 72.6 Å². The number of amides is 1. The van der Waals surface area contributed by atoms with Gasteiger partial charge in [-0.3, -0.25) is 9.59 Å². The summed E-state index contributed by atoms with van der Waals surface area (Å²) in [7, 11) is 1.59. The first-order valence-corrected chi connectivity index (χ1v) is 7.30. The molecule has 1 amide bonds. The summed E-state index contributed by atoms with van der Waals surface area (Å²) in [5.41, 5.74) is 6.44. The first-order chi connectivity index (χ1) is 10.1. The van der Waals surface area contributed by atoms with Crippen LogP contribution in [0.15, 0.2) is 24.3 Å². The average molecular weight is 327 g/mol. The molecule has 22 heavy (non-hydrogen) atoms. The number of ketones is 1. The molecule has 1 aliphatic rings. The summed E-state index contributed by atoms with van der Waals surface area (Å²) >= 11 is 0. The third-order valence-corrected chi connectivity index (χ3v) is 3.78. The smallest absolute Gasteiger partial charge is 0.222 e. The van der Waals surface area contributed by atoms with Gasteiger partial charge in [-0.2, -0.15) is 0 Å². The minimum Gasteiger partial charge on any atom is -0.497 e. The minimum absolute atomic E-state index is 0. The van der Waals surface area contributed by atoms with E-state index in [1.807, 2.05) is 0 Å². The van der Waals surface area contributed by atoms with Gasteiger partial charge < -0.3 is 15.4 Å². The molecule has 5 nitrogen and oxygen atoms in total. The van der Waals surface area contributed by atoms with Crippen LogP contribution in [0.25, 0.3) is 0 Å². The van der Waals surface area contributed by atoms with Crippen LogP contribution >= 0.6 is 12.4 Å². The Morgan fingerprint density at radius 2 is 1.95 bits per heavy atom. The Hall–Kier alpha value is -1.59. The second kappa shape index (κ2) is 8.76. The number of nitrogens with two attached hydrogens (primary N) is 1. The summed E-state index contributed by atoms with van der Waals surface area (Å²) < 4.78 is 5.06. The second-order valence-electron chi connectivity index (χ2n) is 5.39. The zero-order valence-corrected chi connectivity index (χ0v) is 13.6. The molecule has 1 fully saturated rings. The maximum Gasteiger partial charge on any atom is 0.222 e. The number of carbonyl (C=O) groups is 2. The molecule has 0 spiro atoms. The van der Waals surface area contributed by atoms with Gasteiger partial charge in [0.25, 0.3) is 0 Å². The van der Waals surface area contributed by atoms with Gasteiger partial charge in [-0.05, 0) is 37.1 Å². The lowest BCUT2D eigenvalue weighted by Crippen LogP contribution is -2.31. The molecule has 0 radical (unpaired) electrons. The Kier molecular flexibility index (Phi) is 7.35. The van der Waals surface area contributed by atoms with E-state index in [-0.39, 0.29) is 30.1 Å². The van der Waals surface area contributed by atoms with Crippen molar-refractivity contribution in [1.29, 1.82) is 0 Å². The van der Waals surface area contributed by atoms with E-state index < -0.39 is 0 Å². The van der Waals surface area contributed by atoms with Crippen LogP contribution in [0.4, 0.5) is 0 Å².